The summed E-state index contributed by atoms with van der Waals surface area (Å²) in [5.41, 5.74) is -0.0497. The van der Waals surface area contributed by atoms with Crippen molar-refractivity contribution in [2.45, 2.75) is 24.7 Å². The largest absolute Gasteiger partial charge is 0.352 e. The Morgan fingerprint density at radius 3 is 1.82 bits per heavy atom. The second-order valence-corrected chi connectivity index (χ2v) is 8.56. The summed E-state index contributed by atoms with van der Waals surface area (Å²) >= 11 is 0. The Morgan fingerprint density at radius 1 is 0.618 bits per heavy atom. The zero-order chi connectivity index (χ0) is 23.1. The molecule has 3 atom stereocenters. The van der Waals surface area contributed by atoms with Crippen molar-refractivity contribution in [3.8, 4) is 11.4 Å². The Morgan fingerprint density at radius 2 is 1.18 bits per heavy atom. The molecule has 0 amide bonds. The van der Waals surface area contributed by atoms with Gasteiger partial charge in [0.25, 0.3) is 0 Å². The monoisotopic (exact) mass is 454 g/mol. The van der Waals surface area contributed by atoms with Gasteiger partial charge in [-0.3, -0.25) is 0 Å². The molecule has 2 bridgehead atoms. The maximum absolute atomic E-state index is 13.5. The number of fused-ring (bicyclic) bond motifs is 1. The van der Waals surface area contributed by atoms with Crippen LogP contribution in [0.5, 0.6) is 0 Å². The average molecular weight is 454 g/mol. The van der Waals surface area contributed by atoms with Crippen molar-refractivity contribution >= 4 is 0 Å². The number of nitrogens with zero attached hydrogens (tertiary/aromatic N) is 6. The van der Waals surface area contributed by atoms with E-state index in [2.05, 4.69) is 0 Å². The van der Waals surface area contributed by atoms with E-state index in [9.17, 15) is 19.2 Å². The van der Waals surface area contributed by atoms with Gasteiger partial charge in [0.05, 0.1) is 24.0 Å². The van der Waals surface area contributed by atoms with Gasteiger partial charge in [0.15, 0.2) is 0 Å². The molecule has 2 aromatic heterocycles. The van der Waals surface area contributed by atoms with Crippen LogP contribution in [-0.2, 0) is 6.54 Å². The van der Waals surface area contributed by atoms with Crippen LogP contribution in [0.15, 0.2) is 104 Å². The van der Waals surface area contributed by atoms with Gasteiger partial charge < -0.3 is 0 Å². The lowest BCUT2D eigenvalue weighted by Crippen LogP contribution is -2.50. The summed E-state index contributed by atoms with van der Waals surface area (Å²) in [5, 5.41) is 0. The minimum absolute atomic E-state index is 0.204. The first kappa shape index (κ1) is 18.9. The van der Waals surface area contributed by atoms with E-state index in [0.29, 0.717) is 11.4 Å². The molecule has 8 rings (SSSR count). The minimum Gasteiger partial charge on any atom is -0.245 e. The van der Waals surface area contributed by atoms with Gasteiger partial charge in [0.2, 0.25) is 0 Å². The van der Waals surface area contributed by atoms with Crippen LogP contribution in [0.1, 0.15) is 18.1 Å². The predicted octanol–water partition coefficient (Wildman–Crippen LogP) is 0.762. The molecule has 0 radical (unpaired) electrons. The highest BCUT2D eigenvalue weighted by Crippen LogP contribution is 2.46. The molecule has 0 spiro atoms. The molecule has 10 heteroatoms. The molecule has 10 nitrogen and oxygen atoms in total. The standard InChI is InChI=1S/C24H18N6O4/c31-21-25-14-13-17-18-11-12-19(20(17)30(25)24(34)26(21)15-7-3-1-4-8-15)29-23(33)27(22(32)28(18)29)16-9-5-2-6-10-16/h1-13,18-20H,14H2/t18-,19-,20-/m1/s1. The van der Waals surface area contributed by atoms with Gasteiger partial charge in [-0.25, -0.2) is 47.0 Å². The van der Waals surface area contributed by atoms with Gasteiger partial charge in [0.1, 0.15) is 12.1 Å². The minimum atomic E-state index is -0.628. The predicted molar refractivity (Wildman–Crippen MR) is 123 cm³/mol. The third-order valence-corrected chi connectivity index (χ3v) is 6.90. The lowest BCUT2D eigenvalue weighted by atomic mass is 9.84. The Balaban J connectivity index is 1.47. The fourth-order valence-corrected chi connectivity index (χ4v) is 5.49. The quantitative estimate of drug-likeness (QED) is 0.418. The molecule has 1 aliphatic carbocycles. The fraction of sp³-hybridized carbons (Fsp3) is 0.167. The van der Waals surface area contributed by atoms with Gasteiger partial charge in [0, 0.05) is 0 Å². The fourth-order valence-electron chi connectivity index (χ4n) is 5.49. The van der Waals surface area contributed by atoms with E-state index in [0.717, 1.165) is 14.7 Å². The topological polar surface area (TPSA) is 97.9 Å². The van der Waals surface area contributed by atoms with Gasteiger partial charge in [-0.05, 0) is 29.8 Å². The summed E-state index contributed by atoms with van der Waals surface area (Å²) in [6, 6.07) is 15.8. The summed E-state index contributed by atoms with van der Waals surface area (Å²) < 4.78 is 8.00. The number of para-hydroxylation sites is 2. The number of rotatable bonds is 2. The third-order valence-electron chi connectivity index (χ3n) is 6.90. The molecule has 168 valence electrons. The van der Waals surface area contributed by atoms with Crippen molar-refractivity contribution in [3.05, 3.63) is 126 Å². The van der Waals surface area contributed by atoms with E-state index in [4.69, 9.17) is 0 Å². The highest BCUT2D eigenvalue weighted by Gasteiger charge is 2.47. The van der Waals surface area contributed by atoms with Crippen LogP contribution >= 0.6 is 0 Å². The maximum Gasteiger partial charge on any atom is 0.352 e. The van der Waals surface area contributed by atoms with Gasteiger partial charge >= 0.3 is 22.8 Å². The van der Waals surface area contributed by atoms with Crippen molar-refractivity contribution in [2.75, 3.05) is 0 Å². The first-order valence-electron chi connectivity index (χ1n) is 11.0. The molecule has 5 heterocycles. The molecule has 4 aliphatic rings. The summed E-state index contributed by atoms with van der Waals surface area (Å²) in [7, 11) is 0. The third kappa shape index (κ3) is 2.19. The number of hydrogen-bond acceptors (Lipinski definition) is 4. The van der Waals surface area contributed by atoms with E-state index in [-0.39, 0.29) is 6.54 Å². The molecule has 2 aromatic carbocycles. The molecular formula is C24H18N6O4. The number of aromatic nitrogens is 6. The van der Waals surface area contributed by atoms with Crippen LogP contribution in [0, 0.1) is 0 Å². The number of benzene rings is 2. The molecular weight excluding hydrogens is 436 g/mol. The highest BCUT2D eigenvalue weighted by atomic mass is 16.2. The summed E-state index contributed by atoms with van der Waals surface area (Å²) in [5.74, 6) is 0. The van der Waals surface area contributed by atoms with Crippen molar-refractivity contribution in [1.29, 1.82) is 0 Å². The summed E-state index contributed by atoms with van der Waals surface area (Å²) in [6.07, 6.45) is 5.62. The van der Waals surface area contributed by atoms with Crippen molar-refractivity contribution < 1.29 is 0 Å². The van der Waals surface area contributed by atoms with Gasteiger partial charge in [-0.15, -0.1) is 0 Å². The van der Waals surface area contributed by atoms with Crippen LogP contribution in [-0.4, -0.2) is 27.9 Å². The number of allylic oxidation sites excluding steroid dienone is 4. The first-order valence-corrected chi connectivity index (χ1v) is 11.0. The lowest BCUT2D eigenvalue weighted by molar-refractivity contribution is 0.203. The Labute approximate surface area is 190 Å². The molecule has 0 saturated carbocycles. The van der Waals surface area contributed by atoms with Crippen molar-refractivity contribution in [1.82, 2.24) is 27.9 Å². The number of hydrogen-bond donors (Lipinski definition) is 0. The average Bonchev–Trinajstić information content (AvgIpc) is 3.30. The molecule has 0 saturated heterocycles. The zero-order valence-corrected chi connectivity index (χ0v) is 17.8. The highest BCUT2D eigenvalue weighted by molar-refractivity contribution is 5.37. The van der Waals surface area contributed by atoms with Gasteiger partial charge in [-0.2, -0.15) is 0 Å². The van der Waals surface area contributed by atoms with Crippen molar-refractivity contribution in [2.24, 2.45) is 0 Å². The van der Waals surface area contributed by atoms with Crippen LogP contribution in [0.3, 0.4) is 0 Å². The van der Waals surface area contributed by atoms with Crippen LogP contribution in [0.4, 0.5) is 0 Å². The van der Waals surface area contributed by atoms with E-state index >= 15 is 0 Å². The van der Waals surface area contributed by atoms with Crippen LogP contribution < -0.4 is 22.8 Å². The van der Waals surface area contributed by atoms with Gasteiger partial charge in [-0.1, -0.05) is 54.6 Å². The Bertz CT molecular complexity index is 1780. The lowest BCUT2D eigenvalue weighted by Gasteiger charge is -2.43. The van der Waals surface area contributed by atoms with E-state index in [1.165, 1.54) is 18.7 Å². The molecule has 0 unspecified atom stereocenters. The normalized spacial score (nSPS) is 21.6. The first-order chi connectivity index (χ1) is 16.6. The molecule has 34 heavy (non-hydrogen) atoms. The van der Waals surface area contributed by atoms with Crippen LogP contribution in [0.25, 0.3) is 11.4 Å². The molecule has 4 aromatic rings. The van der Waals surface area contributed by atoms with E-state index in [1.54, 1.807) is 48.5 Å². The Kier molecular flexibility index (Phi) is 3.60. The molecule has 0 N–H and O–H groups in total. The molecule has 3 aliphatic heterocycles. The second kappa shape index (κ2) is 6.47. The Hall–Kier alpha value is -4.60. The van der Waals surface area contributed by atoms with Crippen molar-refractivity contribution in [3.63, 3.8) is 0 Å². The second-order valence-electron chi connectivity index (χ2n) is 8.56. The zero-order valence-electron chi connectivity index (χ0n) is 17.8. The van der Waals surface area contributed by atoms with Crippen LogP contribution in [0.2, 0.25) is 0 Å². The maximum atomic E-state index is 13.5. The van der Waals surface area contributed by atoms with E-state index in [1.807, 2.05) is 30.4 Å². The smallest absolute Gasteiger partial charge is 0.245 e. The summed E-state index contributed by atoms with van der Waals surface area (Å²) in [6.45, 7) is 0.204. The SMILES string of the molecule is O=c1n(-c2ccccc2)c(=O)n2n1CC=C1[C@@H]2[C@H]2C=C[C@H]1n1c(=O)n(-c3ccccc3)c(=O)n12. The summed E-state index contributed by atoms with van der Waals surface area (Å²) in [4.78, 5) is 53.6. The molecule has 0 fully saturated rings. The van der Waals surface area contributed by atoms with E-state index < -0.39 is 40.9 Å².